The Hall–Kier alpha value is -2.09. The maximum Gasteiger partial charge on any atom is 0.123 e. The summed E-state index contributed by atoms with van der Waals surface area (Å²) in [5.74, 6) is -0.255. The van der Waals surface area contributed by atoms with Crippen molar-refractivity contribution in [3.8, 4) is 10.6 Å². The second-order valence-corrected chi connectivity index (χ2v) is 6.79. The number of nitrogens with one attached hydrogen (secondary N) is 1. The molecule has 1 atom stereocenters. The number of thiazole rings is 1. The Bertz CT molecular complexity index is 810. The van der Waals surface area contributed by atoms with Crippen LogP contribution < -0.4 is 5.32 Å². The fourth-order valence-corrected chi connectivity index (χ4v) is 3.17. The van der Waals surface area contributed by atoms with Gasteiger partial charge >= 0.3 is 0 Å². The molecule has 0 aliphatic heterocycles. The molecule has 0 saturated carbocycles. The Morgan fingerprint density at radius 3 is 2.75 bits per heavy atom. The van der Waals surface area contributed by atoms with Crippen LogP contribution in [0.5, 0.6) is 0 Å². The molecule has 3 rings (SSSR count). The van der Waals surface area contributed by atoms with Gasteiger partial charge in [0.05, 0.1) is 11.9 Å². The lowest BCUT2D eigenvalue weighted by Crippen LogP contribution is -2.34. The van der Waals surface area contributed by atoms with Crippen molar-refractivity contribution in [2.24, 2.45) is 7.05 Å². The maximum atomic E-state index is 13.0. The third-order valence-electron chi connectivity index (χ3n) is 3.75. The minimum Gasteiger partial charge on any atom is -0.384 e. The number of hydrogen-bond acceptors (Lipinski definition) is 5. The quantitative estimate of drug-likeness (QED) is 0.720. The largest absolute Gasteiger partial charge is 0.384 e. The van der Waals surface area contributed by atoms with E-state index in [4.69, 9.17) is 0 Å². The van der Waals surface area contributed by atoms with Gasteiger partial charge in [-0.25, -0.2) is 9.37 Å². The fraction of sp³-hybridized carbons (Fsp3) is 0.294. The predicted octanol–water partition coefficient (Wildman–Crippen LogP) is 2.68. The van der Waals surface area contributed by atoms with Crippen molar-refractivity contribution in [2.45, 2.75) is 19.1 Å². The zero-order valence-corrected chi connectivity index (χ0v) is 14.3. The summed E-state index contributed by atoms with van der Waals surface area (Å²) in [6, 6.07) is 6.30. The lowest BCUT2D eigenvalue weighted by atomic mass is 10.00. The topological polar surface area (TPSA) is 63.0 Å². The standard InChI is InChI=1S/C17H19FN4OS/c1-17(23,13-7-20-22(2)9-13)11-19-8-15-10-24-16(21-15)12-3-5-14(18)6-4-12/h3-7,9-10,19,23H,8,11H2,1-2H3. The molecule has 0 radical (unpaired) electrons. The molecule has 2 aromatic heterocycles. The van der Waals surface area contributed by atoms with Crippen molar-refractivity contribution in [3.05, 3.63) is 59.1 Å². The molecule has 7 heteroatoms. The summed E-state index contributed by atoms with van der Waals surface area (Å²) in [5, 5.41) is 20.6. The van der Waals surface area contributed by atoms with Crippen molar-refractivity contribution in [1.29, 1.82) is 0 Å². The Morgan fingerprint density at radius 2 is 2.08 bits per heavy atom. The van der Waals surface area contributed by atoms with Gasteiger partial charge in [0.1, 0.15) is 16.4 Å². The lowest BCUT2D eigenvalue weighted by molar-refractivity contribution is 0.0565. The van der Waals surface area contributed by atoms with E-state index >= 15 is 0 Å². The molecule has 1 aromatic carbocycles. The highest BCUT2D eigenvalue weighted by atomic mass is 32.1. The zero-order valence-electron chi connectivity index (χ0n) is 13.5. The zero-order chi connectivity index (χ0) is 17.2. The van der Waals surface area contributed by atoms with Crippen LogP contribution in [0.4, 0.5) is 4.39 Å². The molecule has 0 fully saturated rings. The lowest BCUT2D eigenvalue weighted by Gasteiger charge is -2.22. The Labute approximate surface area is 143 Å². The van der Waals surface area contributed by atoms with E-state index in [9.17, 15) is 9.50 Å². The van der Waals surface area contributed by atoms with Gasteiger partial charge < -0.3 is 10.4 Å². The summed E-state index contributed by atoms with van der Waals surface area (Å²) < 4.78 is 14.6. The first kappa shape index (κ1) is 16.8. The summed E-state index contributed by atoms with van der Waals surface area (Å²) in [5.41, 5.74) is 1.56. The highest BCUT2D eigenvalue weighted by Gasteiger charge is 2.24. The minimum atomic E-state index is -0.996. The Balaban J connectivity index is 1.58. The van der Waals surface area contributed by atoms with Gasteiger partial charge in [0, 0.05) is 42.8 Å². The van der Waals surface area contributed by atoms with E-state index in [1.807, 2.05) is 12.4 Å². The van der Waals surface area contributed by atoms with Gasteiger partial charge in [0.15, 0.2) is 0 Å². The molecule has 3 aromatic rings. The van der Waals surface area contributed by atoms with Crippen LogP contribution in [0.25, 0.3) is 10.6 Å². The average Bonchev–Trinajstić information content (AvgIpc) is 3.17. The van der Waals surface area contributed by atoms with Crippen LogP contribution in [0.1, 0.15) is 18.2 Å². The minimum absolute atomic E-state index is 0.255. The van der Waals surface area contributed by atoms with Gasteiger partial charge in [0.2, 0.25) is 0 Å². The highest BCUT2D eigenvalue weighted by molar-refractivity contribution is 7.13. The van der Waals surface area contributed by atoms with E-state index in [0.717, 1.165) is 21.8 Å². The van der Waals surface area contributed by atoms with Gasteiger partial charge in [-0.3, -0.25) is 4.68 Å². The molecule has 0 aliphatic rings. The first-order chi connectivity index (χ1) is 11.4. The Morgan fingerprint density at radius 1 is 1.33 bits per heavy atom. The van der Waals surface area contributed by atoms with E-state index in [-0.39, 0.29) is 5.82 Å². The number of hydrogen-bond donors (Lipinski definition) is 2. The second kappa shape index (κ2) is 6.80. The van der Waals surface area contributed by atoms with E-state index < -0.39 is 5.60 Å². The van der Waals surface area contributed by atoms with E-state index in [1.165, 1.54) is 23.5 Å². The van der Waals surface area contributed by atoms with Gasteiger partial charge in [-0.15, -0.1) is 11.3 Å². The van der Waals surface area contributed by atoms with Crippen molar-refractivity contribution in [1.82, 2.24) is 20.1 Å². The van der Waals surface area contributed by atoms with Crippen LogP contribution in [-0.4, -0.2) is 26.4 Å². The van der Waals surface area contributed by atoms with Crippen LogP contribution in [0.3, 0.4) is 0 Å². The summed E-state index contributed by atoms with van der Waals surface area (Å²) in [4.78, 5) is 4.54. The van der Waals surface area contributed by atoms with E-state index in [0.29, 0.717) is 13.1 Å². The summed E-state index contributed by atoms with van der Waals surface area (Å²) in [7, 11) is 1.82. The fourth-order valence-electron chi connectivity index (χ4n) is 2.35. The van der Waals surface area contributed by atoms with Crippen LogP contribution in [0, 0.1) is 5.82 Å². The highest BCUT2D eigenvalue weighted by Crippen LogP contribution is 2.24. The molecule has 0 amide bonds. The Kier molecular flexibility index (Phi) is 4.75. The third-order valence-corrected chi connectivity index (χ3v) is 4.69. The first-order valence-electron chi connectivity index (χ1n) is 7.56. The van der Waals surface area contributed by atoms with E-state index in [1.54, 1.807) is 36.1 Å². The molecule has 2 heterocycles. The number of aromatic nitrogens is 3. The van der Waals surface area contributed by atoms with Gasteiger partial charge in [-0.2, -0.15) is 5.10 Å². The maximum absolute atomic E-state index is 13.0. The normalized spacial score (nSPS) is 13.8. The molecule has 1 unspecified atom stereocenters. The number of rotatable bonds is 6. The van der Waals surface area contributed by atoms with Crippen LogP contribution in [0.2, 0.25) is 0 Å². The molecule has 0 bridgehead atoms. The summed E-state index contributed by atoms with van der Waals surface area (Å²) >= 11 is 1.52. The monoisotopic (exact) mass is 346 g/mol. The summed E-state index contributed by atoms with van der Waals surface area (Å²) in [6.07, 6.45) is 3.47. The number of aryl methyl sites for hydroxylation is 1. The number of halogens is 1. The summed E-state index contributed by atoms with van der Waals surface area (Å²) in [6.45, 7) is 2.69. The molecule has 0 saturated heterocycles. The molecule has 0 aliphatic carbocycles. The van der Waals surface area contributed by atoms with Crippen molar-refractivity contribution in [2.75, 3.05) is 6.54 Å². The second-order valence-electron chi connectivity index (χ2n) is 5.93. The molecule has 5 nitrogen and oxygen atoms in total. The van der Waals surface area contributed by atoms with Crippen LogP contribution >= 0.6 is 11.3 Å². The predicted molar refractivity (Wildman–Crippen MR) is 92.0 cm³/mol. The van der Waals surface area contributed by atoms with Gasteiger partial charge in [-0.1, -0.05) is 0 Å². The molecular formula is C17H19FN4OS. The molecule has 0 spiro atoms. The average molecular weight is 346 g/mol. The van der Waals surface area contributed by atoms with Crippen LogP contribution in [-0.2, 0) is 19.2 Å². The first-order valence-corrected chi connectivity index (χ1v) is 8.44. The number of nitrogens with zero attached hydrogens (tertiary/aromatic N) is 3. The van der Waals surface area contributed by atoms with E-state index in [2.05, 4.69) is 15.4 Å². The molecule has 24 heavy (non-hydrogen) atoms. The molecule has 2 N–H and O–H groups in total. The van der Waals surface area contributed by atoms with Gasteiger partial charge in [0.25, 0.3) is 0 Å². The van der Waals surface area contributed by atoms with Crippen molar-refractivity contribution >= 4 is 11.3 Å². The molecule has 126 valence electrons. The number of aliphatic hydroxyl groups is 1. The smallest absolute Gasteiger partial charge is 0.123 e. The number of benzene rings is 1. The SMILES string of the molecule is Cn1cc(C(C)(O)CNCc2csc(-c3ccc(F)cc3)n2)cn1. The van der Waals surface area contributed by atoms with Gasteiger partial charge in [-0.05, 0) is 31.2 Å². The van der Waals surface area contributed by atoms with Crippen LogP contribution in [0.15, 0.2) is 42.0 Å². The van der Waals surface area contributed by atoms with Crippen molar-refractivity contribution in [3.63, 3.8) is 0 Å². The molecular weight excluding hydrogens is 327 g/mol. The third kappa shape index (κ3) is 3.87. The van der Waals surface area contributed by atoms with Crippen molar-refractivity contribution < 1.29 is 9.50 Å².